The van der Waals surface area contributed by atoms with Gasteiger partial charge in [0.15, 0.2) is 0 Å². The molecule has 0 N–H and O–H groups in total. The van der Waals surface area contributed by atoms with E-state index in [9.17, 15) is 0 Å². The van der Waals surface area contributed by atoms with Gasteiger partial charge in [0.1, 0.15) is 0 Å². The Kier molecular flexibility index (Phi) is 8.50. The third kappa shape index (κ3) is 5.05. The summed E-state index contributed by atoms with van der Waals surface area (Å²) in [5, 5.41) is 0. The molecule has 23 heavy (non-hydrogen) atoms. The van der Waals surface area contributed by atoms with Gasteiger partial charge in [0.25, 0.3) is 0 Å². The van der Waals surface area contributed by atoms with Crippen LogP contribution in [0.25, 0.3) is 0 Å². The van der Waals surface area contributed by atoms with E-state index in [1.165, 1.54) is 55.6 Å². The molecule has 0 aliphatic carbocycles. The van der Waals surface area contributed by atoms with E-state index in [4.69, 9.17) is 0 Å². The minimum Gasteiger partial charge on any atom is -0.177 e. The maximum absolute atomic E-state index is 3.35. The predicted octanol–water partition coefficient (Wildman–Crippen LogP) is 6.06. The van der Waals surface area contributed by atoms with Crippen LogP contribution in [0.2, 0.25) is 0 Å². The Bertz CT molecular complexity index is 580. The molecule has 0 heterocycles. The van der Waals surface area contributed by atoms with Gasteiger partial charge in [-0.25, -0.2) is 0 Å². The molecule has 0 saturated heterocycles. The first-order valence-corrected chi connectivity index (χ1v) is 8.00. The Hall–Kier alpha value is -0.872. The van der Waals surface area contributed by atoms with Gasteiger partial charge in [-0.15, -0.1) is 0 Å². The first-order valence-electron chi connectivity index (χ1n) is 8.00. The summed E-state index contributed by atoms with van der Waals surface area (Å²) in [4.78, 5) is 0. The number of benzene rings is 2. The van der Waals surface area contributed by atoms with Gasteiger partial charge in [0.2, 0.25) is 0 Å². The van der Waals surface area contributed by atoms with Crippen molar-refractivity contribution in [3.05, 3.63) is 67.8 Å². The van der Waals surface area contributed by atoms with Crippen LogP contribution in [0.1, 0.15) is 55.6 Å². The fraction of sp³-hybridized carbons (Fsp3) is 0.455. The molecule has 0 radical (unpaired) electrons. The second kappa shape index (κ2) is 8.83. The van der Waals surface area contributed by atoms with Crippen molar-refractivity contribution in [3.63, 3.8) is 0 Å². The van der Waals surface area contributed by atoms with Gasteiger partial charge in [0.05, 0.1) is 0 Å². The molecule has 0 atom stereocenters. The van der Waals surface area contributed by atoms with Gasteiger partial charge < -0.3 is 0 Å². The van der Waals surface area contributed by atoms with Crippen LogP contribution in [0, 0.1) is 81.4 Å². The molecule has 0 aliphatic heterocycles. The fourth-order valence-corrected chi connectivity index (χ4v) is 2.62. The Labute approximate surface area is 158 Å². The van der Waals surface area contributed by atoms with Crippen LogP contribution in [0.3, 0.4) is 0 Å². The molecule has 2 rings (SSSR count). The quantitative estimate of drug-likeness (QED) is 0.404. The van der Waals surface area contributed by atoms with Gasteiger partial charge in [-0.2, -0.15) is 67.8 Å². The van der Waals surface area contributed by atoms with E-state index >= 15 is 0 Å². The Morgan fingerprint density at radius 1 is 0.348 bits per heavy atom. The van der Waals surface area contributed by atoms with Crippen molar-refractivity contribution in [1.82, 2.24) is 0 Å². The molecule has 1 heteroatoms. The smallest absolute Gasteiger partial charge is 0.177 e. The summed E-state index contributed by atoms with van der Waals surface area (Å²) in [6.07, 6.45) is 0. The van der Waals surface area contributed by atoms with Crippen molar-refractivity contribution in [2.75, 3.05) is 0 Å². The molecule has 124 valence electrons. The third-order valence-corrected chi connectivity index (χ3v) is 5.25. The number of hydrogen-bond acceptors (Lipinski definition) is 0. The molecule has 0 fully saturated rings. The second-order valence-corrected chi connectivity index (χ2v) is 6.50. The topological polar surface area (TPSA) is 0 Å². The molecule has 2 aromatic rings. The average molecular weight is 478 g/mol. The minimum atomic E-state index is 0. The zero-order valence-corrected chi connectivity index (χ0v) is 19.3. The number of rotatable bonds is 0. The SMILES string of the molecule is Cc1[c-]c(C)c(C)c(C)c1C.Cc1[c-]c(C)c(C)c(C)c1C.[W+2]. The second-order valence-electron chi connectivity index (χ2n) is 6.50. The number of aryl methyl sites for hydroxylation is 4. The maximum atomic E-state index is 3.35. The molecular formula is C22H30W. The van der Waals surface area contributed by atoms with Gasteiger partial charge in [0, 0.05) is 0 Å². The Balaban J connectivity index is 0.000000403. The van der Waals surface area contributed by atoms with Crippen molar-refractivity contribution in [2.24, 2.45) is 0 Å². The summed E-state index contributed by atoms with van der Waals surface area (Å²) in [5.41, 5.74) is 13.5. The summed E-state index contributed by atoms with van der Waals surface area (Å²) in [6, 6.07) is 6.70. The maximum Gasteiger partial charge on any atom is 2.00 e. The van der Waals surface area contributed by atoms with Crippen LogP contribution in [0.15, 0.2) is 0 Å². The van der Waals surface area contributed by atoms with Crippen molar-refractivity contribution >= 4 is 0 Å². The molecule has 0 spiro atoms. The summed E-state index contributed by atoms with van der Waals surface area (Å²) in [5.74, 6) is 0. The molecule has 0 aromatic heterocycles. The predicted molar refractivity (Wildman–Crippen MR) is 97.9 cm³/mol. The molecule has 0 nitrogen and oxygen atoms in total. The van der Waals surface area contributed by atoms with Gasteiger partial charge >= 0.3 is 21.1 Å². The number of hydrogen-bond donors (Lipinski definition) is 0. The van der Waals surface area contributed by atoms with E-state index in [1.54, 1.807) is 0 Å². The van der Waals surface area contributed by atoms with Gasteiger partial charge in [-0.1, -0.05) is 69.2 Å². The van der Waals surface area contributed by atoms with Crippen LogP contribution < -0.4 is 0 Å². The first kappa shape index (κ1) is 22.1. The summed E-state index contributed by atoms with van der Waals surface area (Å²) < 4.78 is 0. The van der Waals surface area contributed by atoms with Crippen molar-refractivity contribution in [2.45, 2.75) is 69.2 Å². The van der Waals surface area contributed by atoms with E-state index in [0.29, 0.717) is 0 Å². The molecule has 0 saturated carbocycles. The normalized spacial score (nSPS) is 9.83. The van der Waals surface area contributed by atoms with Crippen molar-refractivity contribution in [1.29, 1.82) is 0 Å². The van der Waals surface area contributed by atoms with Crippen molar-refractivity contribution in [3.8, 4) is 0 Å². The van der Waals surface area contributed by atoms with Crippen LogP contribution in [-0.2, 0) is 21.1 Å². The van der Waals surface area contributed by atoms with E-state index < -0.39 is 0 Å². The summed E-state index contributed by atoms with van der Waals surface area (Å²) in [6.45, 7) is 21.5. The fourth-order valence-electron chi connectivity index (χ4n) is 2.62. The molecule has 0 unspecified atom stereocenters. The van der Waals surface area contributed by atoms with Crippen LogP contribution in [-0.4, -0.2) is 0 Å². The molecule has 0 aliphatic rings. The summed E-state index contributed by atoms with van der Waals surface area (Å²) >= 11 is 0. The standard InChI is InChI=1S/2C11H15.W/c2*1-7-6-8(2)10(4)11(5)9(7)3;/h2*1-5H3;/q2*-1;+2. The zero-order valence-electron chi connectivity index (χ0n) is 16.4. The van der Waals surface area contributed by atoms with Crippen LogP contribution in [0.5, 0.6) is 0 Å². The molecular weight excluding hydrogens is 448 g/mol. The summed E-state index contributed by atoms with van der Waals surface area (Å²) in [7, 11) is 0. The molecule has 0 amide bonds. The van der Waals surface area contributed by atoms with Crippen LogP contribution >= 0.6 is 0 Å². The van der Waals surface area contributed by atoms with E-state index in [-0.39, 0.29) is 21.1 Å². The van der Waals surface area contributed by atoms with E-state index in [1.807, 2.05) is 0 Å². The molecule has 2 aromatic carbocycles. The zero-order chi connectivity index (χ0) is 17.2. The third-order valence-electron chi connectivity index (χ3n) is 5.25. The monoisotopic (exact) mass is 478 g/mol. The van der Waals surface area contributed by atoms with Gasteiger partial charge in [-0.3, -0.25) is 0 Å². The van der Waals surface area contributed by atoms with E-state index in [2.05, 4.69) is 81.4 Å². The average Bonchev–Trinajstić information content (AvgIpc) is 2.47. The largest absolute Gasteiger partial charge is 2.00 e. The Morgan fingerprint density at radius 2 is 0.522 bits per heavy atom. The molecule has 0 bridgehead atoms. The minimum absolute atomic E-state index is 0. The van der Waals surface area contributed by atoms with Crippen LogP contribution in [0.4, 0.5) is 0 Å². The Morgan fingerprint density at radius 3 is 0.696 bits per heavy atom. The van der Waals surface area contributed by atoms with Crippen molar-refractivity contribution < 1.29 is 21.1 Å². The van der Waals surface area contributed by atoms with E-state index in [0.717, 1.165) is 0 Å². The van der Waals surface area contributed by atoms with Gasteiger partial charge in [-0.05, 0) is 0 Å². The first-order chi connectivity index (χ1) is 10.1.